The second-order valence-corrected chi connectivity index (χ2v) is 5.73. The van der Waals surface area contributed by atoms with Gasteiger partial charge in [-0.25, -0.2) is 0 Å². The van der Waals surface area contributed by atoms with Gasteiger partial charge in [-0.15, -0.1) is 0 Å². The molecule has 116 valence electrons. The van der Waals surface area contributed by atoms with Gasteiger partial charge in [0.15, 0.2) is 6.61 Å². The van der Waals surface area contributed by atoms with Crippen LogP contribution >= 0.6 is 15.9 Å². The first kappa shape index (κ1) is 16.1. The Kier molecular flexibility index (Phi) is 5.13. The van der Waals surface area contributed by atoms with E-state index < -0.39 is 11.7 Å². The van der Waals surface area contributed by atoms with E-state index in [9.17, 15) is 18.0 Å². The van der Waals surface area contributed by atoms with Gasteiger partial charge in [0.2, 0.25) is 0 Å². The number of carbonyl (C=O) groups excluding carboxylic acids is 1. The van der Waals surface area contributed by atoms with E-state index in [-0.39, 0.29) is 18.3 Å². The number of likely N-dealkylation sites (tertiary alicyclic amines) is 1. The zero-order chi connectivity index (χ0) is 15.5. The van der Waals surface area contributed by atoms with Crippen molar-refractivity contribution >= 4 is 21.8 Å². The molecule has 1 saturated heterocycles. The molecular weight excluding hydrogens is 351 g/mol. The minimum Gasteiger partial charge on any atom is -0.483 e. The third-order valence-corrected chi connectivity index (χ3v) is 3.97. The van der Waals surface area contributed by atoms with Crippen LogP contribution < -0.4 is 4.74 Å². The predicted molar refractivity (Wildman–Crippen MR) is 75.1 cm³/mol. The highest BCUT2D eigenvalue weighted by atomic mass is 79.9. The molecule has 1 aliphatic heterocycles. The first-order valence-electron chi connectivity index (χ1n) is 6.65. The van der Waals surface area contributed by atoms with Gasteiger partial charge in [0, 0.05) is 13.1 Å². The van der Waals surface area contributed by atoms with Crippen LogP contribution in [0.4, 0.5) is 13.2 Å². The Morgan fingerprint density at radius 1 is 1.24 bits per heavy atom. The zero-order valence-electron chi connectivity index (χ0n) is 11.3. The van der Waals surface area contributed by atoms with Gasteiger partial charge in [-0.3, -0.25) is 4.79 Å². The van der Waals surface area contributed by atoms with E-state index in [1.165, 1.54) is 6.07 Å². The van der Waals surface area contributed by atoms with Gasteiger partial charge in [0.25, 0.3) is 5.91 Å². The van der Waals surface area contributed by atoms with E-state index in [0.717, 1.165) is 31.4 Å². The maximum atomic E-state index is 12.6. The molecule has 0 radical (unpaired) electrons. The topological polar surface area (TPSA) is 29.5 Å². The summed E-state index contributed by atoms with van der Waals surface area (Å²) in [5.41, 5.74) is -0.800. The maximum absolute atomic E-state index is 12.6. The van der Waals surface area contributed by atoms with Crippen molar-refractivity contribution in [1.29, 1.82) is 0 Å². The Hall–Kier alpha value is -1.24. The Morgan fingerprint density at radius 2 is 1.90 bits per heavy atom. The molecule has 21 heavy (non-hydrogen) atoms. The summed E-state index contributed by atoms with van der Waals surface area (Å²) in [7, 11) is 0. The van der Waals surface area contributed by atoms with Gasteiger partial charge in [-0.1, -0.05) is 0 Å². The second kappa shape index (κ2) is 6.68. The Labute approximate surface area is 129 Å². The summed E-state index contributed by atoms with van der Waals surface area (Å²) in [5, 5.41) is 0. The highest BCUT2D eigenvalue weighted by Crippen LogP contribution is 2.35. The number of hydrogen-bond acceptors (Lipinski definition) is 2. The van der Waals surface area contributed by atoms with Crippen LogP contribution in [0.1, 0.15) is 24.8 Å². The Bertz CT molecular complexity index is 513. The number of amides is 1. The lowest BCUT2D eigenvalue weighted by molar-refractivity contribution is -0.137. The Morgan fingerprint density at radius 3 is 2.52 bits per heavy atom. The number of rotatable bonds is 3. The predicted octanol–water partition coefficient (Wildman–Crippen LogP) is 3.86. The summed E-state index contributed by atoms with van der Waals surface area (Å²) >= 11 is 3.13. The van der Waals surface area contributed by atoms with E-state index in [2.05, 4.69) is 15.9 Å². The van der Waals surface area contributed by atoms with Gasteiger partial charge in [0.05, 0.1) is 10.0 Å². The molecule has 0 unspecified atom stereocenters. The highest BCUT2D eigenvalue weighted by molar-refractivity contribution is 9.10. The van der Waals surface area contributed by atoms with Crippen molar-refractivity contribution in [2.24, 2.45) is 0 Å². The third kappa shape index (κ3) is 4.36. The molecular formula is C14H15BrF3NO2. The van der Waals surface area contributed by atoms with Crippen LogP contribution in [0.2, 0.25) is 0 Å². The summed E-state index contributed by atoms with van der Waals surface area (Å²) in [6.45, 7) is 1.12. The molecule has 1 aliphatic rings. The lowest BCUT2D eigenvalue weighted by Crippen LogP contribution is -2.38. The Balaban J connectivity index is 2.00. The van der Waals surface area contributed by atoms with Gasteiger partial charge in [-0.2, -0.15) is 13.2 Å². The molecule has 0 bridgehead atoms. The highest BCUT2D eigenvalue weighted by Gasteiger charge is 2.31. The van der Waals surface area contributed by atoms with Gasteiger partial charge in [-0.05, 0) is 53.4 Å². The molecule has 0 aromatic heterocycles. The minimum absolute atomic E-state index is 0.0233. The number of benzene rings is 1. The summed E-state index contributed by atoms with van der Waals surface area (Å²) in [5.74, 6) is -0.172. The second-order valence-electron chi connectivity index (χ2n) is 4.87. The SMILES string of the molecule is O=C(COc1cc(C(F)(F)F)ccc1Br)N1CCCCC1. The molecule has 2 rings (SSSR count). The molecule has 0 atom stereocenters. The van der Waals surface area contributed by atoms with Gasteiger partial charge >= 0.3 is 6.18 Å². The number of nitrogens with zero attached hydrogens (tertiary/aromatic N) is 1. The van der Waals surface area contributed by atoms with Crippen molar-refractivity contribution in [3.63, 3.8) is 0 Å². The number of hydrogen-bond donors (Lipinski definition) is 0. The van der Waals surface area contributed by atoms with E-state index in [4.69, 9.17) is 4.74 Å². The fraction of sp³-hybridized carbons (Fsp3) is 0.500. The minimum atomic E-state index is -4.43. The zero-order valence-corrected chi connectivity index (χ0v) is 12.8. The monoisotopic (exact) mass is 365 g/mol. The summed E-state index contributed by atoms with van der Waals surface area (Å²) < 4.78 is 43.6. The van der Waals surface area contributed by atoms with E-state index in [1.807, 2.05) is 0 Å². The first-order chi connectivity index (χ1) is 9.88. The molecule has 1 aromatic rings. The van der Waals surface area contributed by atoms with Crippen LogP contribution in [0.25, 0.3) is 0 Å². The lowest BCUT2D eigenvalue weighted by atomic mass is 10.1. The van der Waals surface area contributed by atoms with Crippen molar-refractivity contribution in [2.75, 3.05) is 19.7 Å². The van der Waals surface area contributed by atoms with Crippen LogP contribution in [0, 0.1) is 0 Å². The average molecular weight is 366 g/mol. The maximum Gasteiger partial charge on any atom is 0.416 e. The van der Waals surface area contributed by atoms with E-state index >= 15 is 0 Å². The van der Waals surface area contributed by atoms with Crippen LogP contribution in [0.5, 0.6) is 5.75 Å². The molecule has 0 saturated carbocycles. The van der Waals surface area contributed by atoms with Crippen LogP contribution in [0.15, 0.2) is 22.7 Å². The normalized spacial score (nSPS) is 15.9. The molecule has 1 amide bonds. The van der Waals surface area contributed by atoms with Crippen molar-refractivity contribution in [3.8, 4) is 5.75 Å². The quantitative estimate of drug-likeness (QED) is 0.813. The van der Waals surface area contributed by atoms with Crippen LogP contribution in [0.3, 0.4) is 0 Å². The molecule has 1 aromatic carbocycles. The molecule has 0 spiro atoms. The number of carbonyl (C=O) groups is 1. The number of piperidine rings is 1. The van der Waals surface area contributed by atoms with E-state index in [0.29, 0.717) is 17.6 Å². The van der Waals surface area contributed by atoms with Gasteiger partial charge < -0.3 is 9.64 Å². The summed E-state index contributed by atoms with van der Waals surface area (Å²) in [6, 6.07) is 3.13. The number of halogens is 4. The third-order valence-electron chi connectivity index (χ3n) is 3.32. The van der Waals surface area contributed by atoms with Crippen molar-refractivity contribution in [2.45, 2.75) is 25.4 Å². The fourth-order valence-electron chi connectivity index (χ4n) is 2.16. The van der Waals surface area contributed by atoms with Crippen LogP contribution in [-0.4, -0.2) is 30.5 Å². The van der Waals surface area contributed by atoms with Crippen molar-refractivity contribution < 1.29 is 22.7 Å². The van der Waals surface area contributed by atoms with Crippen molar-refractivity contribution in [3.05, 3.63) is 28.2 Å². The number of ether oxygens (including phenoxy) is 1. The van der Waals surface area contributed by atoms with Crippen molar-refractivity contribution in [1.82, 2.24) is 4.90 Å². The fourth-order valence-corrected chi connectivity index (χ4v) is 2.53. The molecule has 1 heterocycles. The largest absolute Gasteiger partial charge is 0.483 e. The standard InChI is InChI=1S/C14H15BrF3NO2/c15-11-5-4-10(14(16,17)18)8-12(11)21-9-13(20)19-6-2-1-3-7-19/h4-5,8H,1-3,6-7,9H2. The smallest absolute Gasteiger partial charge is 0.416 e. The molecule has 3 nitrogen and oxygen atoms in total. The van der Waals surface area contributed by atoms with E-state index in [1.54, 1.807) is 4.90 Å². The van der Waals surface area contributed by atoms with Gasteiger partial charge in [0.1, 0.15) is 5.75 Å². The molecule has 1 fully saturated rings. The summed E-state index contributed by atoms with van der Waals surface area (Å²) in [6.07, 6.45) is -1.42. The average Bonchev–Trinajstić information content (AvgIpc) is 2.45. The molecule has 7 heteroatoms. The summed E-state index contributed by atoms with van der Waals surface area (Å²) in [4.78, 5) is 13.6. The first-order valence-corrected chi connectivity index (χ1v) is 7.44. The lowest BCUT2D eigenvalue weighted by Gasteiger charge is -2.26. The number of alkyl halides is 3. The molecule has 0 aliphatic carbocycles. The van der Waals surface area contributed by atoms with Crippen LogP contribution in [-0.2, 0) is 11.0 Å². The molecule has 0 N–H and O–H groups in total.